The molecule has 0 aliphatic carbocycles. The topological polar surface area (TPSA) is 92.3 Å². The number of carbonyl (C=O) groups excluding carboxylic acids is 2. The first kappa shape index (κ1) is 33.5. The molecule has 41 heavy (non-hydrogen) atoms. The van der Waals surface area contributed by atoms with Gasteiger partial charge in [0.1, 0.15) is 24.7 Å². The van der Waals surface area contributed by atoms with Crippen molar-refractivity contribution in [1.82, 2.24) is 0 Å². The van der Waals surface area contributed by atoms with Gasteiger partial charge in [0.05, 0.1) is 37.7 Å². The highest BCUT2D eigenvalue weighted by Crippen LogP contribution is 2.38. The Morgan fingerprint density at radius 2 is 1.46 bits per heavy atom. The molecular weight excluding hydrogens is 522 g/mol. The monoisotopic (exact) mass is 569 g/mol. The third-order valence-corrected chi connectivity index (χ3v) is 7.36. The van der Waals surface area contributed by atoms with Crippen LogP contribution in [0, 0.1) is 0 Å². The van der Waals surface area contributed by atoms with E-state index in [1.165, 1.54) is 18.7 Å². The minimum absolute atomic E-state index is 0.0662. The average Bonchev–Trinajstić information content (AvgIpc) is 2.95. The Balaban J connectivity index is 2.14. The van der Waals surface area contributed by atoms with Crippen molar-refractivity contribution >= 4 is 17.6 Å². The largest absolute Gasteiger partial charge is 0.495 e. The van der Waals surface area contributed by atoms with Crippen LogP contribution in [0.15, 0.2) is 48.4 Å². The van der Waals surface area contributed by atoms with Gasteiger partial charge in [-0.15, -0.1) is 0 Å². The van der Waals surface area contributed by atoms with Crippen LogP contribution in [0.1, 0.15) is 89.7 Å². The molecule has 0 aromatic heterocycles. The highest BCUT2D eigenvalue weighted by atomic mass is 16.6. The van der Waals surface area contributed by atoms with Crippen LogP contribution in [0.5, 0.6) is 11.5 Å². The molecule has 0 unspecified atom stereocenters. The van der Waals surface area contributed by atoms with Gasteiger partial charge in [0, 0.05) is 5.56 Å². The Morgan fingerprint density at radius 1 is 0.805 bits per heavy atom. The molecule has 0 amide bonds. The molecule has 2 rings (SSSR count). The highest BCUT2D eigenvalue weighted by Gasteiger charge is 2.26. The third kappa shape index (κ3) is 9.44. The van der Waals surface area contributed by atoms with Crippen molar-refractivity contribution in [3.8, 4) is 11.5 Å². The lowest BCUT2D eigenvalue weighted by molar-refractivity contribution is -0.137. The summed E-state index contributed by atoms with van der Waals surface area (Å²) in [5.74, 6) is 0.367. The fourth-order valence-electron chi connectivity index (χ4n) is 4.00. The van der Waals surface area contributed by atoms with Gasteiger partial charge in [-0.2, -0.15) is 0 Å². The van der Waals surface area contributed by atoms with Crippen molar-refractivity contribution in [3.63, 3.8) is 0 Å². The quantitative estimate of drug-likeness (QED) is 0.0985. The van der Waals surface area contributed by atoms with Gasteiger partial charge in [0.2, 0.25) is 0 Å². The van der Waals surface area contributed by atoms with Gasteiger partial charge in [-0.1, -0.05) is 53.7 Å². The number of ether oxygens (including phenoxy) is 5. The zero-order valence-electron chi connectivity index (χ0n) is 26.1. The molecule has 0 saturated carbocycles. The van der Waals surface area contributed by atoms with Crippen LogP contribution in [0.25, 0.3) is 0 Å². The molecule has 2 aromatic carbocycles. The molecule has 0 aliphatic rings. The number of hydrogen-bond donors (Lipinski definition) is 1. The molecule has 0 saturated heterocycles. The number of hydrogen-bond acceptors (Lipinski definition) is 8. The summed E-state index contributed by atoms with van der Waals surface area (Å²) >= 11 is 0. The first-order chi connectivity index (χ1) is 19.4. The fourth-order valence-corrected chi connectivity index (χ4v) is 4.00. The van der Waals surface area contributed by atoms with E-state index >= 15 is 0 Å². The molecule has 8 heteroatoms. The molecule has 1 N–H and O–H groups in total. The van der Waals surface area contributed by atoms with E-state index in [-0.39, 0.29) is 36.5 Å². The van der Waals surface area contributed by atoms with Gasteiger partial charge in [0.15, 0.2) is 5.88 Å². The maximum atomic E-state index is 12.9. The number of esters is 2. The molecule has 0 aliphatic heterocycles. The second kappa shape index (κ2) is 15.4. The van der Waals surface area contributed by atoms with Gasteiger partial charge >= 0.3 is 11.9 Å². The predicted octanol–water partition coefficient (Wildman–Crippen LogP) is 7.16. The number of carbonyl (C=O) groups is 2. The summed E-state index contributed by atoms with van der Waals surface area (Å²) in [6, 6.07) is 11.2. The van der Waals surface area contributed by atoms with Crippen molar-refractivity contribution in [3.05, 3.63) is 65.0 Å². The molecule has 0 spiro atoms. The van der Waals surface area contributed by atoms with Crippen LogP contribution in [0.2, 0.25) is 0 Å². The van der Waals surface area contributed by atoms with Gasteiger partial charge in [-0.25, -0.2) is 9.59 Å². The summed E-state index contributed by atoms with van der Waals surface area (Å²) in [6.07, 6.45) is 3.20. The maximum absolute atomic E-state index is 12.9. The van der Waals surface area contributed by atoms with Gasteiger partial charge in [0.25, 0.3) is 0 Å². The van der Waals surface area contributed by atoms with Gasteiger partial charge in [-0.3, -0.25) is 0 Å². The second-order valence-electron chi connectivity index (χ2n) is 10.9. The standard InChI is InChI=1S/C33H47NO7/c1-10-32(5,6)24-15-17-27(25(21-24)33(7,8)11-2)40-18-19-41-31(36)23-14-16-28(37-9)26(20-23)34-29(38-12-3)22-30(35)39-13-4/h14-17,20-22,34H,10-13,18-19H2,1-9H3. The van der Waals surface area contributed by atoms with Crippen LogP contribution >= 0.6 is 0 Å². The molecule has 2 aromatic rings. The number of rotatable bonds is 16. The molecule has 8 nitrogen and oxygen atoms in total. The number of methoxy groups -OCH3 is 1. The number of nitrogens with one attached hydrogen (secondary N) is 1. The average molecular weight is 570 g/mol. The first-order valence-electron chi connectivity index (χ1n) is 14.3. The summed E-state index contributed by atoms with van der Waals surface area (Å²) < 4.78 is 27.5. The number of benzene rings is 2. The Kier molecular flexibility index (Phi) is 12.6. The summed E-state index contributed by atoms with van der Waals surface area (Å²) in [7, 11) is 1.51. The van der Waals surface area contributed by atoms with E-state index in [4.69, 9.17) is 23.7 Å². The summed E-state index contributed by atoms with van der Waals surface area (Å²) in [5, 5.41) is 3.00. The maximum Gasteiger partial charge on any atom is 0.338 e. The van der Waals surface area contributed by atoms with E-state index in [0.29, 0.717) is 23.6 Å². The van der Waals surface area contributed by atoms with E-state index in [1.54, 1.807) is 32.0 Å². The second-order valence-corrected chi connectivity index (χ2v) is 10.9. The van der Waals surface area contributed by atoms with Crippen molar-refractivity contribution in [2.24, 2.45) is 0 Å². The molecule has 0 atom stereocenters. The zero-order valence-corrected chi connectivity index (χ0v) is 26.1. The number of anilines is 1. The van der Waals surface area contributed by atoms with Crippen molar-refractivity contribution in [1.29, 1.82) is 0 Å². The van der Waals surface area contributed by atoms with Gasteiger partial charge in [-0.05, 0) is 67.3 Å². The van der Waals surface area contributed by atoms with Crippen molar-refractivity contribution in [2.75, 3.05) is 38.9 Å². The van der Waals surface area contributed by atoms with E-state index in [2.05, 4.69) is 59.0 Å². The van der Waals surface area contributed by atoms with Crippen LogP contribution in [-0.4, -0.2) is 45.5 Å². The summed E-state index contributed by atoms with van der Waals surface area (Å²) in [5.41, 5.74) is 3.17. The zero-order chi connectivity index (χ0) is 30.6. The van der Waals surface area contributed by atoms with Crippen LogP contribution in [0.4, 0.5) is 5.69 Å². The Hall–Kier alpha value is -3.68. The Morgan fingerprint density at radius 3 is 2.07 bits per heavy atom. The lowest BCUT2D eigenvalue weighted by atomic mass is 9.76. The van der Waals surface area contributed by atoms with Crippen LogP contribution in [-0.2, 0) is 29.8 Å². The van der Waals surface area contributed by atoms with E-state index in [9.17, 15) is 9.59 Å². The molecule has 0 bridgehead atoms. The van der Waals surface area contributed by atoms with Crippen LogP contribution in [0.3, 0.4) is 0 Å². The fraction of sp³-hybridized carbons (Fsp3) is 0.515. The van der Waals surface area contributed by atoms with Crippen molar-refractivity contribution < 1.29 is 33.3 Å². The van der Waals surface area contributed by atoms with E-state index < -0.39 is 11.9 Å². The lowest BCUT2D eigenvalue weighted by Gasteiger charge is -2.30. The summed E-state index contributed by atoms with van der Waals surface area (Å²) in [6.45, 7) is 17.7. The predicted molar refractivity (Wildman–Crippen MR) is 162 cm³/mol. The van der Waals surface area contributed by atoms with E-state index in [1.807, 2.05) is 6.07 Å². The minimum Gasteiger partial charge on any atom is -0.495 e. The van der Waals surface area contributed by atoms with Crippen molar-refractivity contribution in [2.45, 2.75) is 79.1 Å². The normalized spacial score (nSPS) is 12.0. The molecular formula is C33H47NO7. The molecule has 226 valence electrons. The van der Waals surface area contributed by atoms with Gasteiger partial charge < -0.3 is 29.0 Å². The molecule has 0 heterocycles. The highest BCUT2D eigenvalue weighted by molar-refractivity contribution is 5.91. The minimum atomic E-state index is -0.549. The Bertz CT molecular complexity index is 1200. The van der Waals surface area contributed by atoms with E-state index in [0.717, 1.165) is 24.2 Å². The Labute approximate surface area is 245 Å². The smallest absolute Gasteiger partial charge is 0.338 e. The third-order valence-electron chi connectivity index (χ3n) is 7.36. The SMILES string of the molecule is CCOC(=O)C=C(Nc1cc(C(=O)OCCOc2ccc(C(C)(C)CC)cc2C(C)(C)CC)ccc1OC)OCC. The van der Waals surface area contributed by atoms with Crippen LogP contribution < -0.4 is 14.8 Å². The molecule has 0 fully saturated rings. The first-order valence-corrected chi connectivity index (χ1v) is 14.3. The lowest BCUT2D eigenvalue weighted by Crippen LogP contribution is -2.22. The molecule has 0 radical (unpaired) electrons. The summed E-state index contributed by atoms with van der Waals surface area (Å²) in [4.78, 5) is 24.8.